The molecular weight excluding hydrogens is 284 g/mol. The van der Waals surface area contributed by atoms with Crippen LogP contribution in [0.1, 0.15) is 27.8 Å². The first-order valence-electron chi connectivity index (χ1n) is 6.82. The number of aromatic amines is 1. The summed E-state index contributed by atoms with van der Waals surface area (Å²) in [5.41, 5.74) is 1.74. The van der Waals surface area contributed by atoms with Gasteiger partial charge in [-0.15, -0.1) is 0 Å². The third-order valence-electron chi connectivity index (χ3n) is 3.21. The smallest absolute Gasteiger partial charge is 0.356 e. The number of rotatable bonds is 4. The molecule has 112 valence electrons. The van der Waals surface area contributed by atoms with Crippen molar-refractivity contribution in [2.45, 2.75) is 6.92 Å². The van der Waals surface area contributed by atoms with Crippen molar-refractivity contribution in [2.75, 3.05) is 11.9 Å². The van der Waals surface area contributed by atoms with Gasteiger partial charge in [-0.1, -0.05) is 18.2 Å². The highest BCUT2D eigenvalue weighted by molar-refractivity contribution is 6.14. The standard InChI is InChI=1S/C16H14N2O4/c1-2-22-16(20)14-13(11-5-3-4-6-12(11)17-14)18-15(19)10-7-8-21-9-10/h3-9,17H,2H2,1H3,(H,18,19). The fraction of sp³-hybridized carbons (Fsp3) is 0.125. The fourth-order valence-electron chi connectivity index (χ4n) is 2.21. The predicted octanol–water partition coefficient (Wildman–Crippen LogP) is 3.19. The number of hydrogen-bond donors (Lipinski definition) is 2. The number of fused-ring (bicyclic) bond motifs is 1. The monoisotopic (exact) mass is 298 g/mol. The molecule has 1 amide bonds. The maximum absolute atomic E-state index is 12.2. The first-order chi connectivity index (χ1) is 10.7. The normalized spacial score (nSPS) is 10.6. The lowest BCUT2D eigenvalue weighted by atomic mass is 10.2. The summed E-state index contributed by atoms with van der Waals surface area (Å²) < 4.78 is 9.93. The molecule has 0 radical (unpaired) electrons. The Bertz CT molecular complexity index is 818. The van der Waals surface area contributed by atoms with E-state index in [9.17, 15) is 9.59 Å². The van der Waals surface area contributed by atoms with Gasteiger partial charge in [0.05, 0.1) is 24.1 Å². The summed E-state index contributed by atoms with van der Waals surface area (Å²) >= 11 is 0. The molecule has 0 saturated carbocycles. The van der Waals surface area contributed by atoms with Crippen LogP contribution in [0.25, 0.3) is 10.9 Å². The van der Waals surface area contributed by atoms with E-state index < -0.39 is 5.97 Å². The topological polar surface area (TPSA) is 84.3 Å². The van der Waals surface area contributed by atoms with Crippen LogP contribution in [-0.2, 0) is 4.74 Å². The summed E-state index contributed by atoms with van der Waals surface area (Å²) in [6, 6.07) is 8.87. The third kappa shape index (κ3) is 2.46. The van der Waals surface area contributed by atoms with Gasteiger partial charge in [-0.05, 0) is 19.1 Å². The molecule has 2 aromatic heterocycles. The van der Waals surface area contributed by atoms with E-state index in [1.807, 2.05) is 24.3 Å². The molecule has 0 aliphatic heterocycles. The first kappa shape index (κ1) is 13.9. The lowest BCUT2D eigenvalue weighted by molar-refractivity contribution is 0.0522. The van der Waals surface area contributed by atoms with Crippen LogP contribution in [0.5, 0.6) is 0 Å². The van der Waals surface area contributed by atoms with Crippen LogP contribution in [0, 0.1) is 0 Å². The van der Waals surface area contributed by atoms with E-state index in [4.69, 9.17) is 9.15 Å². The zero-order chi connectivity index (χ0) is 15.5. The Morgan fingerprint density at radius 1 is 1.27 bits per heavy atom. The summed E-state index contributed by atoms with van der Waals surface area (Å²) in [6.07, 6.45) is 2.75. The van der Waals surface area contributed by atoms with Crippen molar-refractivity contribution >= 4 is 28.5 Å². The molecule has 2 heterocycles. The van der Waals surface area contributed by atoms with Crippen molar-refractivity contribution in [3.63, 3.8) is 0 Å². The average molecular weight is 298 g/mol. The molecule has 0 atom stereocenters. The SMILES string of the molecule is CCOC(=O)c1[nH]c2ccccc2c1NC(=O)c1ccoc1. The number of esters is 1. The van der Waals surface area contributed by atoms with Crippen molar-refractivity contribution in [3.05, 3.63) is 54.1 Å². The van der Waals surface area contributed by atoms with Gasteiger partial charge >= 0.3 is 5.97 Å². The van der Waals surface area contributed by atoms with E-state index in [0.717, 1.165) is 10.9 Å². The highest BCUT2D eigenvalue weighted by Crippen LogP contribution is 2.28. The van der Waals surface area contributed by atoms with Gasteiger partial charge in [-0.25, -0.2) is 4.79 Å². The molecule has 0 saturated heterocycles. The van der Waals surface area contributed by atoms with Crippen molar-refractivity contribution in [2.24, 2.45) is 0 Å². The molecule has 3 rings (SSSR count). The molecular formula is C16H14N2O4. The van der Waals surface area contributed by atoms with Gasteiger partial charge < -0.3 is 19.5 Å². The molecule has 0 bridgehead atoms. The number of benzene rings is 1. The van der Waals surface area contributed by atoms with Crippen molar-refractivity contribution in [1.29, 1.82) is 0 Å². The van der Waals surface area contributed by atoms with Gasteiger partial charge in [-0.2, -0.15) is 0 Å². The van der Waals surface area contributed by atoms with Crippen LogP contribution in [0.4, 0.5) is 5.69 Å². The van der Waals surface area contributed by atoms with E-state index >= 15 is 0 Å². The second-order valence-electron chi connectivity index (χ2n) is 4.61. The van der Waals surface area contributed by atoms with Crippen LogP contribution in [-0.4, -0.2) is 23.5 Å². The fourth-order valence-corrected chi connectivity index (χ4v) is 2.21. The maximum atomic E-state index is 12.2. The van der Waals surface area contributed by atoms with Crippen LogP contribution in [0.2, 0.25) is 0 Å². The summed E-state index contributed by atoms with van der Waals surface area (Å²) in [6.45, 7) is 1.98. The predicted molar refractivity (Wildman–Crippen MR) is 80.9 cm³/mol. The number of anilines is 1. The average Bonchev–Trinajstić information content (AvgIpc) is 3.16. The Hall–Kier alpha value is -3.02. The Morgan fingerprint density at radius 2 is 2.09 bits per heavy atom. The molecule has 1 aromatic carbocycles. The Morgan fingerprint density at radius 3 is 2.82 bits per heavy atom. The quantitative estimate of drug-likeness (QED) is 0.724. The van der Waals surface area contributed by atoms with Gasteiger partial charge in [0.15, 0.2) is 0 Å². The highest BCUT2D eigenvalue weighted by atomic mass is 16.5. The van der Waals surface area contributed by atoms with Gasteiger partial charge in [0.25, 0.3) is 5.91 Å². The number of H-pyrrole nitrogens is 1. The summed E-state index contributed by atoms with van der Waals surface area (Å²) in [7, 11) is 0. The molecule has 0 aliphatic rings. The molecule has 6 nitrogen and oxygen atoms in total. The lowest BCUT2D eigenvalue weighted by Gasteiger charge is -2.06. The first-order valence-corrected chi connectivity index (χ1v) is 6.82. The number of carbonyl (C=O) groups excluding carboxylic acids is 2. The largest absolute Gasteiger partial charge is 0.472 e. The van der Waals surface area contributed by atoms with E-state index in [2.05, 4.69) is 10.3 Å². The van der Waals surface area contributed by atoms with Gasteiger partial charge in [0.1, 0.15) is 12.0 Å². The van der Waals surface area contributed by atoms with Gasteiger partial charge in [-0.3, -0.25) is 4.79 Å². The molecule has 6 heteroatoms. The minimum absolute atomic E-state index is 0.222. The number of amides is 1. The van der Waals surface area contributed by atoms with Crippen molar-refractivity contribution in [1.82, 2.24) is 4.98 Å². The molecule has 0 fully saturated rings. The molecule has 3 aromatic rings. The van der Waals surface area contributed by atoms with Crippen LogP contribution < -0.4 is 5.32 Å². The van der Waals surface area contributed by atoms with Crippen LogP contribution in [0.15, 0.2) is 47.3 Å². The Kier molecular flexibility index (Phi) is 3.65. The third-order valence-corrected chi connectivity index (χ3v) is 3.21. The van der Waals surface area contributed by atoms with E-state index in [-0.39, 0.29) is 18.2 Å². The number of ether oxygens (including phenoxy) is 1. The van der Waals surface area contributed by atoms with E-state index in [0.29, 0.717) is 11.3 Å². The maximum Gasteiger partial charge on any atom is 0.356 e. The second kappa shape index (κ2) is 5.77. The second-order valence-corrected chi connectivity index (χ2v) is 4.61. The minimum Gasteiger partial charge on any atom is -0.472 e. The van der Waals surface area contributed by atoms with Gasteiger partial charge in [0.2, 0.25) is 0 Å². The molecule has 0 spiro atoms. The molecule has 2 N–H and O–H groups in total. The van der Waals surface area contributed by atoms with Crippen molar-refractivity contribution < 1.29 is 18.7 Å². The van der Waals surface area contributed by atoms with E-state index in [1.54, 1.807) is 13.0 Å². The van der Waals surface area contributed by atoms with E-state index in [1.165, 1.54) is 12.5 Å². The van der Waals surface area contributed by atoms with Crippen LogP contribution in [0.3, 0.4) is 0 Å². The Labute approximate surface area is 126 Å². The zero-order valence-corrected chi connectivity index (χ0v) is 11.9. The number of nitrogens with one attached hydrogen (secondary N) is 2. The number of furan rings is 1. The van der Waals surface area contributed by atoms with Crippen molar-refractivity contribution in [3.8, 4) is 0 Å². The number of aromatic nitrogens is 1. The summed E-state index contributed by atoms with van der Waals surface area (Å²) in [4.78, 5) is 27.3. The lowest BCUT2D eigenvalue weighted by Crippen LogP contribution is -2.14. The summed E-state index contributed by atoms with van der Waals surface area (Å²) in [5, 5.41) is 3.48. The Balaban J connectivity index is 2.04. The van der Waals surface area contributed by atoms with Gasteiger partial charge in [0, 0.05) is 10.9 Å². The minimum atomic E-state index is -0.513. The highest BCUT2D eigenvalue weighted by Gasteiger charge is 2.21. The number of para-hydroxylation sites is 1. The zero-order valence-electron chi connectivity index (χ0n) is 11.9. The van der Waals surface area contributed by atoms with Crippen LogP contribution >= 0.6 is 0 Å². The molecule has 22 heavy (non-hydrogen) atoms. The summed E-state index contributed by atoms with van der Waals surface area (Å²) in [5.74, 6) is -0.870. The number of carbonyl (C=O) groups is 2. The number of hydrogen-bond acceptors (Lipinski definition) is 4. The molecule has 0 unspecified atom stereocenters. The molecule has 0 aliphatic carbocycles.